The molecule has 0 aromatic heterocycles. The molecule has 0 radical (unpaired) electrons. The van der Waals surface area contributed by atoms with Crippen LogP contribution in [0.3, 0.4) is 0 Å². The summed E-state index contributed by atoms with van der Waals surface area (Å²) in [4.78, 5) is 25.1. The molecule has 0 N–H and O–H groups in total. The van der Waals surface area contributed by atoms with Gasteiger partial charge in [-0.05, 0) is 32.9 Å². The van der Waals surface area contributed by atoms with Crippen molar-refractivity contribution in [3.05, 3.63) is 30.3 Å². The Morgan fingerprint density at radius 1 is 1.33 bits per heavy atom. The van der Waals surface area contributed by atoms with Crippen molar-refractivity contribution in [3.63, 3.8) is 0 Å². The Morgan fingerprint density at radius 3 is 2.62 bits per heavy atom. The lowest BCUT2D eigenvalue weighted by Gasteiger charge is -2.22. The zero-order valence-corrected chi connectivity index (χ0v) is 13.3. The third kappa shape index (κ3) is 4.49. The number of hydrogen-bond donors (Lipinski definition) is 0. The number of carbonyl (C=O) groups excluding carboxylic acids is 2. The Hall–Kier alpha value is -1.49. The Bertz CT molecular complexity index is 507. The van der Waals surface area contributed by atoms with Gasteiger partial charge >= 0.3 is 11.9 Å². The van der Waals surface area contributed by atoms with Gasteiger partial charge in [-0.25, -0.2) is 0 Å². The summed E-state index contributed by atoms with van der Waals surface area (Å²) in [5, 5.41) is 0. The maximum Gasteiger partial charge on any atom is 0.321 e. The highest BCUT2D eigenvalue weighted by molar-refractivity contribution is 7.99. The van der Waals surface area contributed by atoms with Crippen LogP contribution in [0.15, 0.2) is 35.2 Å². The molecule has 2 rings (SSSR count). The van der Waals surface area contributed by atoms with Crippen molar-refractivity contribution in [1.29, 1.82) is 0 Å². The zero-order valence-electron chi connectivity index (χ0n) is 12.5. The number of esters is 2. The minimum absolute atomic E-state index is 0.141. The summed E-state index contributed by atoms with van der Waals surface area (Å²) in [6, 6.07) is 9.89. The van der Waals surface area contributed by atoms with Gasteiger partial charge in [-0.2, -0.15) is 0 Å². The molecule has 1 saturated heterocycles. The van der Waals surface area contributed by atoms with E-state index >= 15 is 0 Å². The van der Waals surface area contributed by atoms with Crippen LogP contribution in [0.2, 0.25) is 0 Å². The molecule has 0 spiro atoms. The normalized spacial score (nSPS) is 22.0. The topological polar surface area (TPSA) is 52.6 Å². The number of ether oxygens (including phenoxy) is 2. The fraction of sp³-hybridized carbons (Fsp3) is 0.500. The molecular formula is C16H20O4S. The summed E-state index contributed by atoms with van der Waals surface area (Å²) in [6.45, 7) is 5.65. The smallest absolute Gasteiger partial charge is 0.321 e. The van der Waals surface area contributed by atoms with Crippen molar-refractivity contribution in [3.8, 4) is 0 Å². The van der Waals surface area contributed by atoms with E-state index in [-0.39, 0.29) is 12.5 Å². The number of carbonyl (C=O) groups is 2. The van der Waals surface area contributed by atoms with Crippen LogP contribution in [-0.4, -0.2) is 29.9 Å². The Balaban J connectivity index is 1.98. The SMILES string of the molecule is CC(C)(C)OC(=O)[C@@H]1C(=O)OC[C@H]1CSc1ccccc1. The summed E-state index contributed by atoms with van der Waals surface area (Å²) in [5.41, 5.74) is -0.600. The number of thioether (sulfide) groups is 1. The Labute approximate surface area is 129 Å². The fourth-order valence-corrected chi connectivity index (χ4v) is 3.13. The van der Waals surface area contributed by atoms with Crippen LogP contribution in [0.25, 0.3) is 0 Å². The third-order valence-corrected chi connectivity index (χ3v) is 4.23. The number of hydrogen-bond acceptors (Lipinski definition) is 5. The summed E-state index contributed by atoms with van der Waals surface area (Å²) in [7, 11) is 0. The predicted molar refractivity (Wildman–Crippen MR) is 81.0 cm³/mol. The van der Waals surface area contributed by atoms with Crippen LogP contribution >= 0.6 is 11.8 Å². The highest BCUT2D eigenvalue weighted by Crippen LogP contribution is 2.31. The van der Waals surface area contributed by atoms with Crippen LogP contribution in [-0.2, 0) is 19.1 Å². The van der Waals surface area contributed by atoms with Crippen molar-refractivity contribution in [2.45, 2.75) is 31.3 Å². The highest BCUT2D eigenvalue weighted by Gasteiger charge is 2.44. The molecule has 1 aliphatic rings. The number of cyclic esters (lactones) is 1. The molecule has 1 aromatic rings. The van der Waals surface area contributed by atoms with E-state index in [1.54, 1.807) is 32.5 Å². The summed E-state index contributed by atoms with van der Waals surface area (Å²) >= 11 is 1.62. The van der Waals surface area contributed by atoms with Gasteiger partial charge in [0, 0.05) is 16.6 Å². The maximum atomic E-state index is 12.2. The first-order valence-electron chi connectivity index (χ1n) is 6.94. The van der Waals surface area contributed by atoms with Gasteiger partial charge in [0.05, 0.1) is 6.61 Å². The standard InChI is InChI=1S/C16H20O4S/c1-16(2,3)20-15(18)13-11(9-19-14(13)17)10-21-12-7-5-4-6-8-12/h4-8,11,13H,9-10H2,1-3H3/t11-,13-/m0/s1. The highest BCUT2D eigenvalue weighted by atomic mass is 32.2. The van der Waals surface area contributed by atoms with Crippen LogP contribution in [0.1, 0.15) is 20.8 Å². The van der Waals surface area contributed by atoms with E-state index in [1.807, 2.05) is 30.3 Å². The van der Waals surface area contributed by atoms with Crippen LogP contribution in [0.4, 0.5) is 0 Å². The lowest BCUT2D eigenvalue weighted by Crippen LogP contribution is -2.34. The second kappa shape index (κ2) is 6.52. The zero-order chi connectivity index (χ0) is 15.5. The van der Waals surface area contributed by atoms with Crippen molar-refractivity contribution in [1.82, 2.24) is 0 Å². The van der Waals surface area contributed by atoms with Gasteiger partial charge in [-0.15, -0.1) is 11.8 Å². The van der Waals surface area contributed by atoms with Gasteiger partial charge in [0.25, 0.3) is 0 Å². The van der Waals surface area contributed by atoms with E-state index in [0.29, 0.717) is 5.75 Å². The molecule has 1 heterocycles. The van der Waals surface area contributed by atoms with Crippen molar-refractivity contribution < 1.29 is 19.1 Å². The van der Waals surface area contributed by atoms with E-state index in [0.717, 1.165) is 4.90 Å². The lowest BCUT2D eigenvalue weighted by molar-refractivity contribution is -0.165. The van der Waals surface area contributed by atoms with E-state index in [4.69, 9.17) is 9.47 Å². The first-order valence-corrected chi connectivity index (χ1v) is 7.93. The molecule has 2 atom stereocenters. The summed E-state index contributed by atoms with van der Waals surface area (Å²) in [6.07, 6.45) is 0. The monoisotopic (exact) mass is 308 g/mol. The summed E-state index contributed by atoms with van der Waals surface area (Å²) < 4.78 is 10.4. The van der Waals surface area contributed by atoms with Crippen molar-refractivity contribution >= 4 is 23.7 Å². The minimum atomic E-state index is -0.805. The molecule has 0 aliphatic carbocycles. The van der Waals surface area contributed by atoms with Gasteiger partial charge in [0.1, 0.15) is 5.60 Å². The van der Waals surface area contributed by atoms with Gasteiger partial charge in [0.15, 0.2) is 5.92 Å². The van der Waals surface area contributed by atoms with Gasteiger partial charge < -0.3 is 9.47 Å². The molecule has 0 bridgehead atoms. The molecular weight excluding hydrogens is 288 g/mol. The molecule has 114 valence electrons. The van der Waals surface area contributed by atoms with Crippen molar-refractivity contribution in [2.75, 3.05) is 12.4 Å². The van der Waals surface area contributed by atoms with Crippen LogP contribution in [0.5, 0.6) is 0 Å². The average molecular weight is 308 g/mol. The van der Waals surface area contributed by atoms with Crippen LogP contribution in [0, 0.1) is 11.8 Å². The molecule has 0 unspecified atom stereocenters. The second-order valence-electron chi connectivity index (χ2n) is 6.03. The quantitative estimate of drug-likeness (QED) is 0.486. The number of benzene rings is 1. The molecule has 21 heavy (non-hydrogen) atoms. The molecule has 0 saturated carbocycles. The molecule has 1 aromatic carbocycles. The van der Waals surface area contributed by atoms with Crippen molar-refractivity contribution in [2.24, 2.45) is 11.8 Å². The van der Waals surface area contributed by atoms with Gasteiger partial charge in [0.2, 0.25) is 0 Å². The average Bonchev–Trinajstić information content (AvgIpc) is 2.77. The molecule has 5 heteroatoms. The molecule has 0 amide bonds. The van der Waals surface area contributed by atoms with Gasteiger partial charge in [-0.3, -0.25) is 9.59 Å². The summed E-state index contributed by atoms with van der Waals surface area (Å²) in [5.74, 6) is -1.25. The predicted octanol–water partition coefficient (Wildman–Crippen LogP) is 2.91. The van der Waals surface area contributed by atoms with E-state index in [9.17, 15) is 9.59 Å². The second-order valence-corrected chi connectivity index (χ2v) is 7.12. The van der Waals surface area contributed by atoms with E-state index in [2.05, 4.69) is 0 Å². The molecule has 4 nitrogen and oxygen atoms in total. The first kappa shape index (κ1) is 15.9. The minimum Gasteiger partial charge on any atom is -0.465 e. The van der Waals surface area contributed by atoms with E-state index < -0.39 is 23.5 Å². The lowest BCUT2D eigenvalue weighted by atomic mass is 9.97. The van der Waals surface area contributed by atoms with Gasteiger partial charge in [-0.1, -0.05) is 18.2 Å². The fourth-order valence-electron chi connectivity index (χ4n) is 2.09. The van der Waals surface area contributed by atoms with Crippen LogP contribution < -0.4 is 0 Å². The largest absolute Gasteiger partial charge is 0.465 e. The molecule has 1 fully saturated rings. The maximum absolute atomic E-state index is 12.2. The molecule has 1 aliphatic heterocycles. The first-order chi connectivity index (χ1) is 9.87. The Morgan fingerprint density at radius 2 is 2.00 bits per heavy atom. The van der Waals surface area contributed by atoms with E-state index in [1.165, 1.54) is 0 Å². The third-order valence-electron chi connectivity index (χ3n) is 3.03. The Kier molecular flexibility index (Phi) is 4.93. The number of rotatable bonds is 4.